The van der Waals surface area contributed by atoms with Crippen LogP contribution in [0.15, 0.2) is 18.2 Å². The van der Waals surface area contributed by atoms with E-state index in [1.165, 1.54) is 11.1 Å². The molecule has 2 heteroatoms. The van der Waals surface area contributed by atoms with Crippen molar-refractivity contribution in [2.45, 2.75) is 32.6 Å². The van der Waals surface area contributed by atoms with Crippen molar-refractivity contribution in [3.63, 3.8) is 0 Å². The molecule has 1 rings (SSSR count). The standard InChI is InChI=1S/C14H23NO/c1-14(2,3)12-6-7-13(16-5)11(10-12)8-9-15-4/h6-7,10,15H,8-9H2,1-5H3. The number of methoxy groups -OCH3 is 1. The summed E-state index contributed by atoms with van der Waals surface area (Å²) >= 11 is 0. The van der Waals surface area contributed by atoms with E-state index in [1.54, 1.807) is 7.11 Å². The first-order valence-corrected chi connectivity index (χ1v) is 5.81. The number of ether oxygens (including phenoxy) is 1. The van der Waals surface area contributed by atoms with E-state index in [0.29, 0.717) is 0 Å². The van der Waals surface area contributed by atoms with Crippen LogP contribution in [0.4, 0.5) is 0 Å². The van der Waals surface area contributed by atoms with Gasteiger partial charge in [0.1, 0.15) is 5.75 Å². The summed E-state index contributed by atoms with van der Waals surface area (Å²) in [5.74, 6) is 0.989. The first-order chi connectivity index (χ1) is 7.49. The summed E-state index contributed by atoms with van der Waals surface area (Å²) in [6.07, 6.45) is 1.00. The molecule has 0 unspecified atom stereocenters. The average Bonchev–Trinajstić information content (AvgIpc) is 2.24. The lowest BCUT2D eigenvalue weighted by atomic mass is 9.85. The summed E-state index contributed by atoms with van der Waals surface area (Å²) in [5.41, 5.74) is 2.84. The van der Waals surface area contributed by atoms with Crippen LogP contribution in [-0.4, -0.2) is 20.7 Å². The minimum absolute atomic E-state index is 0.195. The molecule has 0 spiro atoms. The summed E-state index contributed by atoms with van der Waals surface area (Å²) in [6.45, 7) is 7.67. The number of nitrogens with one attached hydrogen (secondary N) is 1. The van der Waals surface area contributed by atoms with Gasteiger partial charge < -0.3 is 10.1 Å². The van der Waals surface area contributed by atoms with Crippen LogP contribution in [0.3, 0.4) is 0 Å². The second-order valence-electron chi connectivity index (χ2n) is 5.13. The molecule has 0 radical (unpaired) electrons. The Hall–Kier alpha value is -1.02. The van der Waals surface area contributed by atoms with Gasteiger partial charge in [-0.1, -0.05) is 32.9 Å². The van der Waals surface area contributed by atoms with E-state index in [1.807, 2.05) is 7.05 Å². The van der Waals surface area contributed by atoms with Crippen molar-refractivity contribution in [3.05, 3.63) is 29.3 Å². The molecule has 0 heterocycles. The molecule has 90 valence electrons. The zero-order valence-electron chi connectivity index (χ0n) is 11.1. The molecule has 1 aromatic rings. The Morgan fingerprint density at radius 1 is 1.25 bits per heavy atom. The third kappa shape index (κ3) is 3.24. The van der Waals surface area contributed by atoms with Crippen molar-refractivity contribution in [2.75, 3.05) is 20.7 Å². The summed E-state index contributed by atoms with van der Waals surface area (Å²) in [4.78, 5) is 0. The molecule has 0 atom stereocenters. The van der Waals surface area contributed by atoms with Gasteiger partial charge in [-0.3, -0.25) is 0 Å². The molecule has 0 aliphatic rings. The highest BCUT2D eigenvalue weighted by Crippen LogP contribution is 2.28. The number of likely N-dealkylation sites (N-methyl/N-ethyl adjacent to an activating group) is 1. The van der Waals surface area contributed by atoms with Crippen LogP contribution in [0.1, 0.15) is 31.9 Å². The minimum atomic E-state index is 0.195. The second kappa shape index (κ2) is 5.35. The van der Waals surface area contributed by atoms with Crippen LogP contribution in [0.5, 0.6) is 5.75 Å². The van der Waals surface area contributed by atoms with Crippen molar-refractivity contribution in [2.24, 2.45) is 0 Å². The Morgan fingerprint density at radius 3 is 2.44 bits per heavy atom. The second-order valence-corrected chi connectivity index (χ2v) is 5.13. The normalized spacial score (nSPS) is 11.6. The van der Waals surface area contributed by atoms with Gasteiger partial charge in [0, 0.05) is 0 Å². The summed E-state index contributed by atoms with van der Waals surface area (Å²) < 4.78 is 5.38. The molecule has 2 nitrogen and oxygen atoms in total. The third-order valence-corrected chi connectivity index (χ3v) is 2.79. The predicted octanol–water partition coefficient (Wildman–Crippen LogP) is 2.75. The number of benzene rings is 1. The molecule has 16 heavy (non-hydrogen) atoms. The van der Waals surface area contributed by atoms with Gasteiger partial charge in [-0.2, -0.15) is 0 Å². The molecule has 0 saturated carbocycles. The van der Waals surface area contributed by atoms with Crippen LogP contribution in [-0.2, 0) is 11.8 Å². The zero-order valence-corrected chi connectivity index (χ0v) is 11.1. The summed E-state index contributed by atoms with van der Waals surface area (Å²) in [6, 6.07) is 6.49. The first kappa shape index (κ1) is 13.0. The lowest BCUT2D eigenvalue weighted by Gasteiger charge is -2.21. The molecule has 0 aliphatic carbocycles. The highest BCUT2D eigenvalue weighted by molar-refractivity contribution is 5.39. The van der Waals surface area contributed by atoms with Gasteiger partial charge in [0.2, 0.25) is 0 Å². The Kier molecular flexibility index (Phi) is 4.36. The highest BCUT2D eigenvalue weighted by atomic mass is 16.5. The smallest absolute Gasteiger partial charge is 0.122 e. The van der Waals surface area contributed by atoms with Crippen LogP contribution >= 0.6 is 0 Å². The molecule has 0 amide bonds. The fourth-order valence-corrected chi connectivity index (χ4v) is 1.70. The van der Waals surface area contributed by atoms with Gasteiger partial charge in [0.05, 0.1) is 7.11 Å². The zero-order chi connectivity index (χ0) is 12.2. The molecular weight excluding hydrogens is 198 g/mol. The first-order valence-electron chi connectivity index (χ1n) is 5.81. The fraction of sp³-hybridized carbons (Fsp3) is 0.571. The summed E-state index contributed by atoms with van der Waals surface area (Å²) in [7, 11) is 3.70. The quantitative estimate of drug-likeness (QED) is 0.844. The molecule has 1 N–H and O–H groups in total. The Bertz CT molecular complexity index is 339. The van der Waals surface area contributed by atoms with E-state index in [9.17, 15) is 0 Å². The Morgan fingerprint density at radius 2 is 1.94 bits per heavy atom. The SMILES string of the molecule is CNCCc1cc(C(C)(C)C)ccc1OC. The molecule has 0 bridgehead atoms. The van der Waals surface area contributed by atoms with Crippen molar-refractivity contribution >= 4 is 0 Å². The van der Waals surface area contributed by atoms with Crippen molar-refractivity contribution < 1.29 is 4.74 Å². The molecular formula is C14H23NO. The van der Waals surface area contributed by atoms with Crippen LogP contribution in [0.2, 0.25) is 0 Å². The van der Waals surface area contributed by atoms with Gasteiger partial charge in [0.15, 0.2) is 0 Å². The van der Waals surface area contributed by atoms with Crippen molar-refractivity contribution in [1.82, 2.24) is 5.32 Å². The lowest BCUT2D eigenvalue weighted by molar-refractivity contribution is 0.408. The van der Waals surface area contributed by atoms with E-state index in [-0.39, 0.29) is 5.41 Å². The van der Waals surface area contributed by atoms with Crippen LogP contribution in [0.25, 0.3) is 0 Å². The molecule has 0 aliphatic heterocycles. The molecule has 0 fully saturated rings. The van der Waals surface area contributed by atoms with Gasteiger partial charge >= 0.3 is 0 Å². The minimum Gasteiger partial charge on any atom is -0.496 e. The van der Waals surface area contributed by atoms with Crippen LogP contribution in [0, 0.1) is 0 Å². The summed E-state index contributed by atoms with van der Waals surface area (Å²) in [5, 5.41) is 3.17. The van der Waals surface area contributed by atoms with Gasteiger partial charge in [-0.25, -0.2) is 0 Å². The lowest BCUT2D eigenvalue weighted by Crippen LogP contribution is -2.14. The van der Waals surface area contributed by atoms with Crippen molar-refractivity contribution in [3.8, 4) is 5.75 Å². The van der Waals surface area contributed by atoms with E-state index in [4.69, 9.17) is 4.74 Å². The number of hydrogen-bond donors (Lipinski definition) is 1. The van der Waals surface area contributed by atoms with Gasteiger partial charge in [-0.15, -0.1) is 0 Å². The van der Waals surface area contributed by atoms with Crippen molar-refractivity contribution in [1.29, 1.82) is 0 Å². The third-order valence-electron chi connectivity index (χ3n) is 2.79. The van der Waals surface area contributed by atoms with E-state index >= 15 is 0 Å². The largest absolute Gasteiger partial charge is 0.496 e. The van der Waals surface area contributed by atoms with Gasteiger partial charge in [-0.05, 0) is 42.6 Å². The van der Waals surface area contributed by atoms with E-state index in [2.05, 4.69) is 44.3 Å². The van der Waals surface area contributed by atoms with Crippen LogP contribution < -0.4 is 10.1 Å². The Labute approximate surface area is 99.0 Å². The maximum absolute atomic E-state index is 5.38. The van der Waals surface area contributed by atoms with E-state index in [0.717, 1.165) is 18.7 Å². The fourth-order valence-electron chi connectivity index (χ4n) is 1.70. The topological polar surface area (TPSA) is 21.3 Å². The molecule has 0 saturated heterocycles. The highest BCUT2D eigenvalue weighted by Gasteiger charge is 2.15. The predicted molar refractivity (Wildman–Crippen MR) is 69.3 cm³/mol. The Balaban J connectivity index is 3.01. The average molecular weight is 221 g/mol. The maximum Gasteiger partial charge on any atom is 0.122 e. The number of hydrogen-bond acceptors (Lipinski definition) is 2. The maximum atomic E-state index is 5.38. The van der Waals surface area contributed by atoms with Gasteiger partial charge in [0.25, 0.3) is 0 Å². The molecule has 1 aromatic carbocycles. The van der Waals surface area contributed by atoms with E-state index < -0.39 is 0 Å². The number of rotatable bonds is 4. The molecule has 0 aromatic heterocycles. The monoisotopic (exact) mass is 221 g/mol.